The smallest absolute Gasteiger partial charge is 0.269 e. The van der Waals surface area contributed by atoms with Gasteiger partial charge in [0.1, 0.15) is 5.52 Å². The van der Waals surface area contributed by atoms with E-state index in [9.17, 15) is 9.59 Å². The molecule has 0 aliphatic carbocycles. The second-order valence-electron chi connectivity index (χ2n) is 6.14. The molecule has 2 aromatic carbocycles. The molecule has 0 spiro atoms. The largest absolute Gasteiger partial charge is 0.364 e. The summed E-state index contributed by atoms with van der Waals surface area (Å²) in [5.74, 6) is -0.626. The SMILES string of the molecule is Cn1nc(C(N)=O)c2ccc3cnc(NC(=O)Cc4ccccc4)nc3c21. The number of nitrogens with one attached hydrogen (secondary N) is 1. The van der Waals surface area contributed by atoms with Gasteiger partial charge in [-0.2, -0.15) is 5.10 Å². The average Bonchev–Trinajstić information content (AvgIpc) is 3.00. The predicted octanol–water partition coefficient (Wildman–Crippen LogP) is 1.80. The molecule has 0 aliphatic heterocycles. The molecule has 4 aromatic rings. The van der Waals surface area contributed by atoms with Crippen LogP contribution >= 0.6 is 0 Å². The lowest BCUT2D eigenvalue weighted by molar-refractivity contribution is -0.115. The second-order valence-corrected chi connectivity index (χ2v) is 6.14. The highest BCUT2D eigenvalue weighted by molar-refractivity contribution is 6.11. The number of nitrogens with zero attached hydrogens (tertiary/aromatic N) is 4. The molecule has 0 saturated carbocycles. The normalized spacial score (nSPS) is 11.0. The minimum atomic E-state index is -0.606. The van der Waals surface area contributed by atoms with Crippen molar-refractivity contribution in [3.8, 4) is 0 Å². The molecule has 2 aromatic heterocycles. The summed E-state index contributed by atoms with van der Waals surface area (Å²) in [6.45, 7) is 0. The van der Waals surface area contributed by atoms with Crippen molar-refractivity contribution in [1.29, 1.82) is 0 Å². The van der Waals surface area contributed by atoms with Crippen LogP contribution in [-0.2, 0) is 18.3 Å². The fraction of sp³-hybridized carbons (Fsp3) is 0.105. The summed E-state index contributed by atoms with van der Waals surface area (Å²) < 4.78 is 1.56. The first kappa shape index (κ1) is 16.6. The first-order valence-electron chi connectivity index (χ1n) is 8.29. The topological polar surface area (TPSA) is 116 Å². The van der Waals surface area contributed by atoms with Crippen molar-refractivity contribution in [1.82, 2.24) is 19.7 Å². The summed E-state index contributed by atoms with van der Waals surface area (Å²) in [5, 5.41) is 8.27. The highest BCUT2D eigenvalue weighted by atomic mass is 16.2. The van der Waals surface area contributed by atoms with E-state index in [1.165, 1.54) is 0 Å². The third kappa shape index (κ3) is 3.08. The van der Waals surface area contributed by atoms with Gasteiger partial charge in [0, 0.05) is 24.0 Å². The molecule has 27 heavy (non-hydrogen) atoms. The van der Waals surface area contributed by atoms with Gasteiger partial charge in [0.2, 0.25) is 11.9 Å². The van der Waals surface area contributed by atoms with Crippen molar-refractivity contribution >= 4 is 39.6 Å². The van der Waals surface area contributed by atoms with Crippen LogP contribution in [0, 0.1) is 0 Å². The molecular weight excluding hydrogens is 344 g/mol. The maximum absolute atomic E-state index is 12.3. The van der Waals surface area contributed by atoms with E-state index in [0.717, 1.165) is 10.9 Å². The Kier molecular flexibility index (Phi) is 4.00. The summed E-state index contributed by atoms with van der Waals surface area (Å²) in [6.07, 6.45) is 1.85. The van der Waals surface area contributed by atoms with Gasteiger partial charge in [-0.3, -0.25) is 19.6 Å². The number of aryl methyl sites for hydroxylation is 1. The molecule has 4 rings (SSSR count). The van der Waals surface area contributed by atoms with Gasteiger partial charge in [0.05, 0.1) is 11.9 Å². The molecule has 0 saturated heterocycles. The minimum absolute atomic E-state index is 0.183. The molecule has 0 atom stereocenters. The highest BCUT2D eigenvalue weighted by Gasteiger charge is 2.17. The zero-order valence-electron chi connectivity index (χ0n) is 14.5. The van der Waals surface area contributed by atoms with E-state index in [4.69, 9.17) is 5.73 Å². The maximum Gasteiger partial charge on any atom is 0.269 e. The number of fused-ring (bicyclic) bond motifs is 3. The van der Waals surface area contributed by atoms with E-state index >= 15 is 0 Å². The fourth-order valence-electron chi connectivity index (χ4n) is 3.05. The summed E-state index contributed by atoms with van der Waals surface area (Å²) >= 11 is 0. The average molecular weight is 360 g/mol. The Bertz CT molecular complexity index is 1180. The molecule has 0 aliphatic rings. The number of rotatable bonds is 4. The molecule has 3 N–H and O–H groups in total. The fourth-order valence-corrected chi connectivity index (χ4v) is 3.05. The van der Waals surface area contributed by atoms with Crippen molar-refractivity contribution in [2.75, 3.05) is 5.32 Å². The lowest BCUT2D eigenvalue weighted by atomic mass is 10.1. The Labute approximate surface area is 154 Å². The third-order valence-electron chi connectivity index (χ3n) is 4.25. The van der Waals surface area contributed by atoms with E-state index in [-0.39, 0.29) is 24.0 Å². The van der Waals surface area contributed by atoms with E-state index < -0.39 is 5.91 Å². The van der Waals surface area contributed by atoms with Crippen LogP contribution in [0.25, 0.3) is 21.8 Å². The lowest BCUT2D eigenvalue weighted by Crippen LogP contribution is -2.16. The molecule has 8 heteroatoms. The molecule has 0 bridgehead atoms. The van der Waals surface area contributed by atoms with Gasteiger partial charge in [0.15, 0.2) is 5.69 Å². The molecule has 2 amide bonds. The van der Waals surface area contributed by atoms with Gasteiger partial charge in [-0.05, 0) is 11.6 Å². The van der Waals surface area contributed by atoms with E-state index in [2.05, 4.69) is 20.4 Å². The number of amides is 2. The Balaban J connectivity index is 1.71. The van der Waals surface area contributed by atoms with Crippen molar-refractivity contribution in [2.24, 2.45) is 12.8 Å². The molecular formula is C19H16N6O2. The maximum atomic E-state index is 12.3. The van der Waals surface area contributed by atoms with Gasteiger partial charge in [0.25, 0.3) is 5.91 Å². The van der Waals surface area contributed by atoms with Gasteiger partial charge in [-0.1, -0.05) is 36.4 Å². The Morgan fingerprint density at radius 1 is 1.15 bits per heavy atom. The van der Waals surface area contributed by atoms with Crippen LogP contribution in [0.5, 0.6) is 0 Å². The summed E-state index contributed by atoms with van der Waals surface area (Å²) in [7, 11) is 1.71. The first-order valence-corrected chi connectivity index (χ1v) is 8.29. The molecule has 0 radical (unpaired) electrons. The quantitative estimate of drug-likeness (QED) is 0.576. The van der Waals surface area contributed by atoms with Crippen LogP contribution in [-0.4, -0.2) is 31.6 Å². The number of aromatic nitrogens is 4. The van der Waals surface area contributed by atoms with Gasteiger partial charge in [-0.25, -0.2) is 9.97 Å². The number of carbonyl (C=O) groups is 2. The van der Waals surface area contributed by atoms with Crippen molar-refractivity contribution in [3.05, 3.63) is 59.9 Å². The number of nitrogens with two attached hydrogens (primary N) is 1. The van der Waals surface area contributed by atoms with E-state index in [0.29, 0.717) is 16.4 Å². The van der Waals surface area contributed by atoms with Crippen LogP contribution in [0.3, 0.4) is 0 Å². The number of anilines is 1. The van der Waals surface area contributed by atoms with Crippen molar-refractivity contribution < 1.29 is 9.59 Å². The van der Waals surface area contributed by atoms with Crippen LogP contribution in [0.15, 0.2) is 48.7 Å². The van der Waals surface area contributed by atoms with Gasteiger partial charge in [-0.15, -0.1) is 0 Å². The van der Waals surface area contributed by atoms with Gasteiger partial charge < -0.3 is 5.73 Å². The lowest BCUT2D eigenvalue weighted by Gasteiger charge is -2.06. The summed E-state index contributed by atoms with van der Waals surface area (Å²) in [4.78, 5) is 32.5. The highest BCUT2D eigenvalue weighted by Crippen LogP contribution is 2.26. The van der Waals surface area contributed by atoms with E-state index in [1.54, 1.807) is 30.1 Å². The van der Waals surface area contributed by atoms with Crippen molar-refractivity contribution in [3.63, 3.8) is 0 Å². The summed E-state index contributed by atoms with van der Waals surface area (Å²) in [5.41, 5.74) is 7.72. The van der Waals surface area contributed by atoms with Crippen molar-refractivity contribution in [2.45, 2.75) is 6.42 Å². The van der Waals surface area contributed by atoms with Crippen LogP contribution in [0.4, 0.5) is 5.95 Å². The molecule has 134 valence electrons. The predicted molar refractivity (Wildman–Crippen MR) is 101 cm³/mol. The number of hydrogen-bond donors (Lipinski definition) is 2. The van der Waals surface area contributed by atoms with E-state index in [1.807, 2.05) is 30.3 Å². The Morgan fingerprint density at radius 2 is 1.93 bits per heavy atom. The molecule has 0 unspecified atom stereocenters. The number of primary amides is 1. The Morgan fingerprint density at radius 3 is 2.67 bits per heavy atom. The zero-order valence-corrected chi connectivity index (χ0v) is 14.5. The van der Waals surface area contributed by atoms with Crippen LogP contribution < -0.4 is 11.1 Å². The first-order chi connectivity index (χ1) is 13.0. The van der Waals surface area contributed by atoms with Crippen LogP contribution in [0.2, 0.25) is 0 Å². The molecule has 0 fully saturated rings. The zero-order chi connectivity index (χ0) is 19.0. The number of carbonyl (C=O) groups excluding carboxylic acids is 2. The van der Waals surface area contributed by atoms with Crippen LogP contribution in [0.1, 0.15) is 16.1 Å². The Hall–Kier alpha value is -3.81. The summed E-state index contributed by atoms with van der Waals surface area (Å²) in [6, 6.07) is 13.0. The number of benzene rings is 2. The molecule has 8 nitrogen and oxygen atoms in total. The standard InChI is InChI=1S/C19H16N6O2/c1-25-17-13(16(24-25)18(20)27)8-7-12-10-21-19(23-15(12)17)22-14(26)9-11-5-3-2-4-6-11/h2-8,10H,9H2,1H3,(H2,20,27)(H,21,22,23,26). The third-order valence-corrected chi connectivity index (χ3v) is 4.25. The number of hydrogen-bond acceptors (Lipinski definition) is 5. The minimum Gasteiger partial charge on any atom is -0.364 e. The molecule has 2 heterocycles. The monoisotopic (exact) mass is 360 g/mol. The van der Waals surface area contributed by atoms with Gasteiger partial charge >= 0.3 is 0 Å². The second kappa shape index (κ2) is 6.49.